The van der Waals surface area contributed by atoms with Crippen molar-refractivity contribution in [3.63, 3.8) is 0 Å². The molecule has 0 aliphatic heterocycles. The molecule has 6 heteroatoms. The van der Waals surface area contributed by atoms with Crippen molar-refractivity contribution in [2.45, 2.75) is 39.0 Å². The number of nitrogens with one attached hydrogen (secondary N) is 2. The summed E-state index contributed by atoms with van der Waals surface area (Å²) in [4.78, 5) is 13.4. The molecule has 0 spiro atoms. The van der Waals surface area contributed by atoms with E-state index in [0.29, 0.717) is 16.6 Å². The van der Waals surface area contributed by atoms with Crippen LogP contribution in [0.1, 0.15) is 52.5 Å². The van der Waals surface area contributed by atoms with Crippen molar-refractivity contribution in [2.24, 2.45) is 0 Å². The highest BCUT2D eigenvalue weighted by Crippen LogP contribution is 2.39. The van der Waals surface area contributed by atoms with Crippen LogP contribution in [0.2, 0.25) is 0 Å². The fourth-order valence-corrected chi connectivity index (χ4v) is 4.59. The number of anilines is 2. The molecule has 2 aromatic rings. The van der Waals surface area contributed by atoms with E-state index < -0.39 is 0 Å². The van der Waals surface area contributed by atoms with Crippen molar-refractivity contribution in [2.75, 3.05) is 17.7 Å². The summed E-state index contributed by atoms with van der Waals surface area (Å²) in [5.41, 5.74) is 3.96. The molecule has 1 heterocycles. The van der Waals surface area contributed by atoms with Crippen LogP contribution in [0, 0.1) is 0 Å². The van der Waals surface area contributed by atoms with Gasteiger partial charge in [-0.1, -0.05) is 26.0 Å². The van der Waals surface area contributed by atoms with Gasteiger partial charge in [0.15, 0.2) is 5.11 Å². The summed E-state index contributed by atoms with van der Waals surface area (Å²) in [7, 11) is 1.41. The molecule has 1 aliphatic rings. The van der Waals surface area contributed by atoms with Gasteiger partial charge in [-0.15, -0.1) is 11.3 Å². The van der Waals surface area contributed by atoms with Gasteiger partial charge in [0.25, 0.3) is 0 Å². The van der Waals surface area contributed by atoms with Gasteiger partial charge < -0.3 is 15.4 Å². The molecule has 1 aromatic heterocycles. The number of ether oxygens (including phenoxy) is 1. The predicted molar refractivity (Wildman–Crippen MR) is 108 cm³/mol. The Morgan fingerprint density at radius 3 is 2.56 bits per heavy atom. The summed E-state index contributed by atoms with van der Waals surface area (Å²) in [6, 6.07) is 8.21. The molecule has 3 rings (SSSR count). The van der Waals surface area contributed by atoms with E-state index in [2.05, 4.69) is 36.6 Å². The summed E-state index contributed by atoms with van der Waals surface area (Å²) in [6.07, 6.45) is 3.04. The van der Waals surface area contributed by atoms with Gasteiger partial charge in [-0.05, 0) is 60.7 Å². The normalized spacial score (nSPS) is 12.8. The Bertz CT molecular complexity index is 795. The predicted octanol–water partition coefficient (Wildman–Crippen LogP) is 4.96. The van der Waals surface area contributed by atoms with Crippen molar-refractivity contribution in [3.05, 3.63) is 45.8 Å². The lowest BCUT2D eigenvalue weighted by atomic mass is 10.0. The largest absolute Gasteiger partial charge is 0.465 e. The molecule has 0 radical (unpaired) electrons. The molecule has 1 aromatic carbocycles. The molecule has 0 saturated carbocycles. The van der Waals surface area contributed by atoms with Gasteiger partial charge in [0, 0.05) is 10.6 Å². The fraction of sp³-hybridized carbons (Fsp3) is 0.368. The third kappa shape index (κ3) is 3.85. The van der Waals surface area contributed by atoms with Gasteiger partial charge in [-0.25, -0.2) is 4.79 Å². The molecule has 0 unspecified atom stereocenters. The van der Waals surface area contributed by atoms with E-state index in [1.54, 1.807) is 11.3 Å². The van der Waals surface area contributed by atoms with E-state index in [-0.39, 0.29) is 5.97 Å². The average Bonchev–Trinajstić information content (AvgIpc) is 3.15. The SMILES string of the molecule is COC(=O)c1c(NC(=S)Nc2ccc(C(C)C)cc2)sc2c1CCC2. The van der Waals surface area contributed by atoms with Gasteiger partial charge in [-0.3, -0.25) is 0 Å². The molecule has 0 fully saturated rings. The van der Waals surface area contributed by atoms with E-state index in [0.717, 1.165) is 35.5 Å². The molecule has 0 atom stereocenters. The molecule has 132 valence electrons. The molecular formula is C19H22N2O2S2. The van der Waals surface area contributed by atoms with E-state index in [4.69, 9.17) is 17.0 Å². The molecule has 2 N–H and O–H groups in total. The fourth-order valence-electron chi connectivity index (χ4n) is 3.03. The van der Waals surface area contributed by atoms with Gasteiger partial charge in [0.05, 0.1) is 12.7 Å². The molecule has 0 amide bonds. The van der Waals surface area contributed by atoms with Gasteiger partial charge in [0.1, 0.15) is 5.00 Å². The Labute approximate surface area is 157 Å². The van der Waals surface area contributed by atoms with Crippen LogP contribution in [0.25, 0.3) is 0 Å². The highest BCUT2D eigenvalue weighted by molar-refractivity contribution is 7.80. The minimum absolute atomic E-state index is 0.300. The smallest absolute Gasteiger partial charge is 0.341 e. The van der Waals surface area contributed by atoms with Crippen molar-refractivity contribution in [1.29, 1.82) is 0 Å². The second kappa shape index (κ2) is 7.54. The minimum atomic E-state index is -0.300. The number of fused-ring (bicyclic) bond motifs is 1. The first-order valence-electron chi connectivity index (χ1n) is 8.40. The maximum atomic E-state index is 12.2. The second-order valence-corrected chi connectivity index (χ2v) is 7.92. The summed E-state index contributed by atoms with van der Waals surface area (Å²) in [5, 5.41) is 7.60. The van der Waals surface area contributed by atoms with Crippen LogP contribution in [0.4, 0.5) is 10.7 Å². The van der Waals surface area contributed by atoms with Crippen molar-refractivity contribution >= 4 is 45.3 Å². The molecule has 4 nitrogen and oxygen atoms in total. The van der Waals surface area contributed by atoms with Crippen LogP contribution >= 0.6 is 23.6 Å². The molecule has 0 bridgehead atoms. The van der Waals surface area contributed by atoms with Gasteiger partial charge in [0.2, 0.25) is 0 Å². The van der Waals surface area contributed by atoms with E-state index in [9.17, 15) is 4.79 Å². The molecular weight excluding hydrogens is 352 g/mol. The Kier molecular flexibility index (Phi) is 5.39. The van der Waals surface area contributed by atoms with Crippen molar-refractivity contribution in [1.82, 2.24) is 0 Å². The van der Waals surface area contributed by atoms with Crippen molar-refractivity contribution in [3.8, 4) is 0 Å². The monoisotopic (exact) mass is 374 g/mol. The third-order valence-electron chi connectivity index (χ3n) is 4.37. The van der Waals surface area contributed by atoms with E-state index in [1.165, 1.54) is 17.6 Å². The number of carbonyl (C=O) groups is 1. The number of thiocarbonyl (C=S) groups is 1. The lowest BCUT2D eigenvalue weighted by molar-refractivity contribution is 0.0601. The summed E-state index contributed by atoms with van der Waals surface area (Å²) in [5.74, 6) is 0.196. The zero-order valence-electron chi connectivity index (χ0n) is 14.6. The Morgan fingerprint density at radius 1 is 1.20 bits per heavy atom. The standard InChI is InChI=1S/C19H22N2O2S2/c1-11(2)12-7-9-13(10-8-12)20-19(24)21-17-16(18(22)23-3)14-5-4-6-15(14)25-17/h7-11H,4-6H2,1-3H3,(H2,20,21,24). The summed E-state index contributed by atoms with van der Waals surface area (Å²) >= 11 is 7.02. The number of benzene rings is 1. The number of aryl methyl sites for hydroxylation is 1. The Balaban J connectivity index is 1.74. The first-order chi connectivity index (χ1) is 12.0. The topological polar surface area (TPSA) is 50.4 Å². The number of carbonyl (C=O) groups excluding carboxylic acids is 1. The Morgan fingerprint density at radius 2 is 1.92 bits per heavy atom. The van der Waals surface area contributed by atoms with Crippen LogP contribution in [0.5, 0.6) is 0 Å². The summed E-state index contributed by atoms with van der Waals surface area (Å²) < 4.78 is 4.96. The van der Waals surface area contributed by atoms with Crippen LogP contribution in [-0.2, 0) is 17.6 Å². The zero-order valence-corrected chi connectivity index (χ0v) is 16.3. The van der Waals surface area contributed by atoms with Gasteiger partial charge >= 0.3 is 5.97 Å². The van der Waals surface area contributed by atoms with Crippen molar-refractivity contribution < 1.29 is 9.53 Å². The molecule has 1 aliphatic carbocycles. The lowest BCUT2D eigenvalue weighted by Gasteiger charge is -2.12. The highest BCUT2D eigenvalue weighted by Gasteiger charge is 2.27. The summed E-state index contributed by atoms with van der Waals surface area (Å²) in [6.45, 7) is 4.33. The van der Waals surface area contributed by atoms with Crippen LogP contribution < -0.4 is 10.6 Å². The van der Waals surface area contributed by atoms with Crippen LogP contribution in [0.3, 0.4) is 0 Å². The quantitative estimate of drug-likeness (QED) is 0.585. The molecule has 0 saturated heterocycles. The zero-order chi connectivity index (χ0) is 18.0. The molecule has 25 heavy (non-hydrogen) atoms. The first-order valence-corrected chi connectivity index (χ1v) is 9.63. The number of methoxy groups -OCH3 is 1. The Hall–Kier alpha value is -1.92. The van der Waals surface area contributed by atoms with Gasteiger partial charge in [-0.2, -0.15) is 0 Å². The van der Waals surface area contributed by atoms with Crippen LogP contribution in [0.15, 0.2) is 24.3 Å². The third-order valence-corrected chi connectivity index (χ3v) is 5.78. The lowest BCUT2D eigenvalue weighted by Crippen LogP contribution is -2.20. The van der Waals surface area contributed by atoms with Crippen LogP contribution in [-0.4, -0.2) is 18.2 Å². The number of thiophene rings is 1. The first kappa shape index (κ1) is 17.9. The highest BCUT2D eigenvalue weighted by atomic mass is 32.1. The number of hydrogen-bond acceptors (Lipinski definition) is 4. The maximum Gasteiger partial charge on any atom is 0.341 e. The van der Waals surface area contributed by atoms with E-state index >= 15 is 0 Å². The number of rotatable bonds is 4. The minimum Gasteiger partial charge on any atom is -0.465 e. The maximum absolute atomic E-state index is 12.2. The number of hydrogen-bond donors (Lipinski definition) is 2. The van der Waals surface area contributed by atoms with E-state index in [1.807, 2.05) is 12.1 Å². The average molecular weight is 375 g/mol. The second-order valence-electron chi connectivity index (χ2n) is 6.41. The number of esters is 1.